The van der Waals surface area contributed by atoms with Gasteiger partial charge >= 0.3 is 0 Å². The summed E-state index contributed by atoms with van der Waals surface area (Å²) in [6, 6.07) is 17.6. The molecule has 0 aromatic heterocycles. The lowest BCUT2D eigenvalue weighted by molar-refractivity contribution is 0.0790. The van der Waals surface area contributed by atoms with Gasteiger partial charge < -0.3 is 5.11 Å². The molecule has 154 valence electrons. The maximum absolute atomic E-state index is 10.6. The van der Waals surface area contributed by atoms with Gasteiger partial charge in [-0.2, -0.15) is 5.26 Å². The Kier molecular flexibility index (Phi) is 7.63. The van der Waals surface area contributed by atoms with E-state index in [-0.39, 0.29) is 5.75 Å². The van der Waals surface area contributed by atoms with Gasteiger partial charge in [0.15, 0.2) is 0 Å². The fourth-order valence-corrected chi connectivity index (χ4v) is 5.58. The molecular formula is C23H19ClI2N2O2. The van der Waals surface area contributed by atoms with E-state index in [1.54, 1.807) is 6.07 Å². The largest absolute Gasteiger partial charge is 0.506 e. The van der Waals surface area contributed by atoms with E-state index in [9.17, 15) is 10.4 Å². The van der Waals surface area contributed by atoms with E-state index < -0.39 is 12.0 Å². The predicted molar refractivity (Wildman–Crippen MR) is 135 cm³/mol. The highest BCUT2D eigenvalue weighted by Gasteiger charge is 2.25. The lowest BCUT2D eigenvalue weighted by Gasteiger charge is -2.22. The van der Waals surface area contributed by atoms with Crippen molar-refractivity contribution >= 4 is 56.8 Å². The summed E-state index contributed by atoms with van der Waals surface area (Å²) < 4.78 is 1.66. The van der Waals surface area contributed by atoms with E-state index in [1.165, 1.54) is 0 Å². The van der Waals surface area contributed by atoms with Gasteiger partial charge in [-0.3, -0.25) is 4.84 Å². The third-order valence-corrected chi connectivity index (χ3v) is 6.77. The molecule has 0 saturated carbocycles. The second kappa shape index (κ2) is 9.83. The highest BCUT2D eigenvalue weighted by molar-refractivity contribution is 14.1. The number of nitrogens with zero attached hydrogens (tertiary/aromatic N) is 1. The first kappa shape index (κ1) is 23.3. The van der Waals surface area contributed by atoms with Gasteiger partial charge in [0.25, 0.3) is 0 Å². The van der Waals surface area contributed by atoms with Gasteiger partial charge in [0.1, 0.15) is 11.9 Å². The summed E-state index contributed by atoms with van der Waals surface area (Å²) in [5, 5.41) is 20.9. The molecule has 0 fully saturated rings. The number of phenols is 1. The van der Waals surface area contributed by atoms with Crippen molar-refractivity contribution in [2.24, 2.45) is 5.90 Å². The summed E-state index contributed by atoms with van der Waals surface area (Å²) in [5.74, 6) is 5.28. The van der Waals surface area contributed by atoms with E-state index in [1.807, 2.05) is 56.3 Å². The third kappa shape index (κ3) is 4.75. The number of hydrogen-bond donors (Lipinski definition) is 2. The molecule has 3 N–H and O–H groups in total. The summed E-state index contributed by atoms with van der Waals surface area (Å²) in [6.07, 6.45) is -0.695. The third-order valence-electron chi connectivity index (χ3n) is 4.99. The first-order valence-electron chi connectivity index (χ1n) is 9.06. The standard InChI is InChI=1S/C23H19ClI2N2O2/c1-12-3-5-14(6-4-12)19(11-27)17-7-13(2)16(10-20(17)24)23(30-28)18-8-15(25)9-21(26)22(18)29/h3-10,19,23,29H,28H2,1-2H3. The zero-order valence-electron chi connectivity index (χ0n) is 16.3. The molecule has 0 radical (unpaired) electrons. The van der Waals surface area contributed by atoms with Crippen LogP contribution >= 0.6 is 56.8 Å². The maximum Gasteiger partial charge on any atom is 0.135 e. The average Bonchev–Trinajstić information content (AvgIpc) is 2.71. The topological polar surface area (TPSA) is 79.3 Å². The Bertz CT molecular complexity index is 1130. The zero-order valence-corrected chi connectivity index (χ0v) is 21.4. The number of aryl methyl sites for hydroxylation is 2. The number of hydrogen-bond acceptors (Lipinski definition) is 4. The van der Waals surface area contributed by atoms with Crippen molar-refractivity contribution in [1.29, 1.82) is 5.26 Å². The molecule has 0 heterocycles. The maximum atomic E-state index is 10.6. The molecule has 4 nitrogen and oxygen atoms in total. The quantitative estimate of drug-likeness (QED) is 0.245. The van der Waals surface area contributed by atoms with E-state index in [0.29, 0.717) is 14.2 Å². The van der Waals surface area contributed by atoms with E-state index in [4.69, 9.17) is 22.3 Å². The minimum atomic E-state index is -0.695. The Morgan fingerprint density at radius 2 is 1.70 bits per heavy atom. The summed E-state index contributed by atoms with van der Waals surface area (Å²) in [6.45, 7) is 3.92. The molecule has 30 heavy (non-hydrogen) atoms. The predicted octanol–water partition coefficient (Wildman–Crippen LogP) is 6.51. The van der Waals surface area contributed by atoms with Gasteiger partial charge in [-0.25, -0.2) is 5.90 Å². The summed E-state index contributed by atoms with van der Waals surface area (Å²) in [7, 11) is 0. The molecule has 7 heteroatoms. The fourth-order valence-electron chi connectivity index (χ4n) is 3.41. The smallest absolute Gasteiger partial charge is 0.135 e. The average molecular weight is 645 g/mol. The number of nitriles is 1. The van der Waals surface area contributed by atoms with Crippen LogP contribution in [0.3, 0.4) is 0 Å². The van der Waals surface area contributed by atoms with Crippen LogP contribution < -0.4 is 5.90 Å². The van der Waals surface area contributed by atoms with Crippen LogP contribution in [0, 0.1) is 32.3 Å². The lowest BCUT2D eigenvalue weighted by atomic mass is 9.88. The molecular weight excluding hydrogens is 626 g/mol. The van der Waals surface area contributed by atoms with Crippen LogP contribution in [0.25, 0.3) is 0 Å². The molecule has 3 aromatic carbocycles. The fraction of sp³-hybridized carbons (Fsp3) is 0.174. The molecule has 0 aliphatic rings. The van der Waals surface area contributed by atoms with Crippen LogP contribution in [0.2, 0.25) is 5.02 Å². The van der Waals surface area contributed by atoms with Gasteiger partial charge in [-0.15, -0.1) is 0 Å². The van der Waals surface area contributed by atoms with Crippen LogP contribution in [0.4, 0.5) is 0 Å². The van der Waals surface area contributed by atoms with E-state index in [2.05, 4.69) is 51.3 Å². The molecule has 0 aliphatic heterocycles. The number of nitrogens with two attached hydrogens (primary N) is 1. The van der Waals surface area contributed by atoms with Gasteiger partial charge in [0, 0.05) is 14.2 Å². The molecule has 0 aliphatic carbocycles. The minimum absolute atomic E-state index is 0.126. The van der Waals surface area contributed by atoms with Crippen molar-refractivity contribution < 1.29 is 9.94 Å². The molecule has 3 rings (SSSR count). The number of halogens is 3. The van der Waals surface area contributed by atoms with E-state index in [0.717, 1.165) is 31.4 Å². The molecule has 2 atom stereocenters. The van der Waals surface area contributed by atoms with E-state index >= 15 is 0 Å². The number of aromatic hydroxyl groups is 1. The minimum Gasteiger partial charge on any atom is -0.506 e. The molecule has 0 bridgehead atoms. The monoisotopic (exact) mass is 644 g/mol. The van der Waals surface area contributed by atoms with Crippen molar-refractivity contribution in [3.8, 4) is 11.8 Å². The number of rotatable bonds is 5. The van der Waals surface area contributed by atoms with Crippen molar-refractivity contribution in [3.05, 3.63) is 94.1 Å². The Labute approximate surface area is 208 Å². The van der Waals surface area contributed by atoms with Crippen LogP contribution in [-0.2, 0) is 4.84 Å². The first-order chi connectivity index (χ1) is 14.3. The van der Waals surface area contributed by atoms with Crippen molar-refractivity contribution in [3.63, 3.8) is 0 Å². The molecule has 2 unspecified atom stereocenters. The Balaban J connectivity index is 2.10. The van der Waals surface area contributed by atoms with Crippen LogP contribution in [-0.4, -0.2) is 5.11 Å². The van der Waals surface area contributed by atoms with Gasteiger partial charge in [-0.1, -0.05) is 47.5 Å². The summed E-state index contributed by atoms with van der Waals surface area (Å²) in [5.41, 5.74) is 4.90. The highest BCUT2D eigenvalue weighted by atomic mass is 127. The number of benzene rings is 3. The lowest BCUT2D eigenvalue weighted by Crippen LogP contribution is -2.14. The zero-order chi connectivity index (χ0) is 22.0. The second-order valence-corrected chi connectivity index (χ2v) is 9.86. The normalized spacial score (nSPS) is 13.0. The molecule has 3 aromatic rings. The van der Waals surface area contributed by atoms with Gasteiger partial charge in [-0.05, 0) is 99.5 Å². The van der Waals surface area contributed by atoms with Crippen molar-refractivity contribution in [1.82, 2.24) is 0 Å². The summed E-state index contributed by atoms with van der Waals surface area (Å²) >= 11 is 10.9. The van der Waals surface area contributed by atoms with Crippen molar-refractivity contribution in [2.75, 3.05) is 0 Å². The highest BCUT2D eigenvalue weighted by Crippen LogP contribution is 2.40. The first-order valence-corrected chi connectivity index (χ1v) is 11.6. The van der Waals surface area contributed by atoms with Gasteiger partial charge in [0.05, 0.1) is 15.6 Å². The van der Waals surface area contributed by atoms with Crippen LogP contribution in [0.5, 0.6) is 5.75 Å². The molecule has 0 saturated heterocycles. The Morgan fingerprint density at radius 3 is 2.30 bits per heavy atom. The Morgan fingerprint density at radius 1 is 1.03 bits per heavy atom. The molecule has 0 spiro atoms. The molecule has 0 amide bonds. The Hall–Kier alpha value is -1.38. The summed E-state index contributed by atoms with van der Waals surface area (Å²) in [4.78, 5) is 5.28. The second-order valence-electron chi connectivity index (χ2n) is 7.04. The van der Waals surface area contributed by atoms with Crippen LogP contribution in [0.1, 0.15) is 45.4 Å². The van der Waals surface area contributed by atoms with Crippen LogP contribution in [0.15, 0.2) is 48.5 Å². The number of phenolic OH excluding ortho intramolecular Hbond substituents is 1. The van der Waals surface area contributed by atoms with Gasteiger partial charge in [0.2, 0.25) is 0 Å². The van der Waals surface area contributed by atoms with Crippen molar-refractivity contribution in [2.45, 2.75) is 25.9 Å². The SMILES string of the molecule is Cc1ccc(C(C#N)c2cc(C)c(C(ON)c3cc(I)cc(I)c3O)cc2Cl)cc1.